The molecule has 23 heavy (non-hydrogen) atoms. The van der Waals surface area contributed by atoms with Crippen LogP contribution in [0, 0.1) is 26.7 Å². The third kappa shape index (κ3) is 5.38. The molecule has 0 atom stereocenters. The normalized spacial score (nSPS) is 14.7. The molecule has 0 aliphatic heterocycles. The smallest absolute Gasteiger partial charge is 0.243 e. The molecule has 0 saturated heterocycles. The summed E-state index contributed by atoms with van der Waals surface area (Å²) >= 11 is 0. The Labute approximate surface area is 139 Å². The largest absolute Gasteiger partial charge is 0.347 e. The summed E-state index contributed by atoms with van der Waals surface area (Å²) in [4.78, 5) is 23.9. The molecule has 126 valence electrons. The van der Waals surface area contributed by atoms with E-state index in [1.165, 1.54) is 31.2 Å². The highest BCUT2D eigenvalue weighted by Gasteiger charge is 2.16. The van der Waals surface area contributed by atoms with Crippen molar-refractivity contribution in [3.05, 3.63) is 28.8 Å². The molecule has 0 heterocycles. The van der Waals surface area contributed by atoms with Crippen molar-refractivity contribution in [2.24, 2.45) is 5.92 Å². The molecular formula is C19H28N2O2. The first-order valence-corrected chi connectivity index (χ1v) is 8.60. The van der Waals surface area contributed by atoms with Crippen LogP contribution in [0.5, 0.6) is 0 Å². The van der Waals surface area contributed by atoms with Gasteiger partial charge < -0.3 is 10.6 Å². The fourth-order valence-electron chi connectivity index (χ4n) is 3.46. The number of benzene rings is 1. The summed E-state index contributed by atoms with van der Waals surface area (Å²) in [5, 5.41) is 5.63. The third-order valence-corrected chi connectivity index (χ3v) is 4.64. The van der Waals surface area contributed by atoms with Gasteiger partial charge in [0.2, 0.25) is 11.8 Å². The van der Waals surface area contributed by atoms with E-state index in [0.29, 0.717) is 12.3 Å². The molecule has 1 aliphatic rings. The van der Waals surface area contributed by atoms with Gasteiger partial charge in [0, 0.05) is 12.1 Å². The maximum atomic E-state index is 12.0. The molecule has 4 heteroatoms. The summed E-state index contributed by atoms with van der Waals surface area (Å²) in [5.74, 6) is 0.506. The fraction of sp³-hybridized carbons (Fsp3) is 0.579. The molecule has 1 aliphatic carbocycles. The zero-order valence-electron chi connectivity index (χ0n) is 14.5. The van der Waals surface area contributed by atoms with E-state index in [1.807, 2.05) is 32.9 Å². The van der Waals surface area contributed by atoms with E-state index in [9.17, 15) is 9.59 Å². The molecule has 1 aromatic carbocycles. The summed E-state index contributed by atoms with van der Waals surface area (Å²) in [6.07, 6.45) is 6.57. The summed E-state index contributed by atoms with van der Waals surface area (Å²) in [6, 6.07) is 4.09. The molecule has 1 aromatic rings. The van der Waals surface area contributed by atoms with Gasteiger partial charge >= 0.3 is 0 Å². The Kier molecular flexibility index (Phi) is 6.20. The predicted molar refractivity (Wildman–Crippen MR) is 93.5 cm³/mol. The number of carbonyl (C=O) groups is 2. The van der Waals surface area contributed by atoms with Crippen molar-refractivity contribution in [2.45, 2.75) is 59.3 Å². The number of hydrogen-bond acceptors (Lipinski definition) is 2. The van der Waals surface area contributed by atoms with E-state index in [2.05, 4.69) is 10.6 Å². The SMILES string of the molecule is Cc1cc(C)c(NC(=O)CNC(=O)CCC2CCCC2)c(C)c1. The van der Waals surface area contributed by atoms with Gasteiger partial charge in [-0.1, -0.05) is 43.4 Å². The molecule has 0 unspecified atom stereocenters. The Hall–Kier alpha value is -1.84. The number of nitrogens with one attached hydrogen (secondary N) is 2. The molecule has 1 saturated carbocycles. The standard InChI is InChI=1S/C19H28N2O2/c1-13-10-14(2)19(15(3)11-13)21-18(23)12-20-17(22)9-8-16-6-4-5-7-16/h10-11,16H,4-9,12H2,1-3H3,(H,20,22)(H,21,23). The van der Waals surface area contributed by atoms with Crippen LogP contribution in [0.2, 0.25) is 0 Å². The fourth-order valence-corrected chi connectivity index (χ4v) is 3.46. The number of hydrogen-bond donors (Lipinski definition) is 2. The van der Waals surface area contributed by atoms with Crippen molar-refractivity contribution in [2.75, 3.05) is 11.9 Å². The van der Waals surface area contributed by atoms with Gasteiger partial charge in [-0.15, -0.1) is 0 Å². The Bertz CT molecular complexity index is 552. The zero-order valence-corrected chi connectivity index (χ0v) is 14.5. The van der Waals surface area contributed by atoms with Gasteiger partial charge in [-0.05, 0) is 44.2 Å². The third-order valence-electron chi connectivity index (χ3n) is 4.64. The second-order valence-corrected chi connectivity index (χ2v) is 6.79. The quantitative estimate of drug-likeness (QED) is 0.842. The van der Waals surface area contributed by atoms with Crippen molar-refractivity contribution in [1.29, 1.82) is 0 Å². The van der Waals surface area contributed by atoms with E-state index in [1.54, 1.807) is 0 Å². The van der Waals surface area contributed by atoms with E-state index in [4.69, 9.17) is 0 Å². The summed E-state index contributed by atoms with van der Waals surface area (Å²) in [5.41, 5.74) is 4.12. The van der Waals surface area contributed by atoms with Crippen LogP contribution in [0.4, 0.5) is 5.69 Å². The number of anilines is 1. The Balaban J connectivity index is 1.75. The maximum Gasteiger partial charge on any atom is 0.243 e. The van der Waals surface area contributed by atoms with Crippen LogP contribution in [0.25, 0.3) is 0 Å². The van der Waals surface area contributed by atoms with Crippen molar-refractivity contribution in [1.82, 2.24) is 5.32 Å². The summed E-state index contributed by atoms with van der Waals surface area (Å²) < 4.78 is 0. The number of aryl methyl sites for hydroxylation is 3. The second-order valence-electron chi connectivity index (χ2n) is 6.79. The highest BCUT2D eigenvalue weighted by molar-refractivity contribution is 5.95. The van der Waals surface area contributed by atoms with Gasteiger partial charge in [0.05, 0.1) is 6.54 Å². The van der Waals surface area contributed by atoms with Gasteiger partial charge in [-0.3, -0.25) is 9.59 Å². The van der Waals surface area contributed by atoms with Crippen LogP contribution in [0.1, 0.15) is 55.2 Å². The van der Waals surface area contributed by atoms with Crippen LogP contribution >= 0.6 is 0 Å². The van der Waals surface area contributed by atoms with Crippen molar-refractivity contribution in [3.63, 3.8) is 0 Å². The first-order valence-electron chi connectivity index (χ1n) is 8.60. The maximum absolute atomic E-state index is 12.0. The lowest BCUT2D eigenvalue weighted by Crippen LogP contribution is -2.33. The molecule has 0 aromatic heterocycles. The van der Waals surface area contributed by atoms with Gasteiger partial charge in [0.1, 0.15) is 0 Å². The molecule has 4 nitrogen and oxygen atoms in total. The van der Waals surface area contributed by atoms with Crippen LogP contribution in [0.3, 0.4) is 0 Å². The Morgan fingerprint density at radius 2 is 1.65 bits per heavy atom. The van der Waals surface area contributed by atoms with Gasteiger partial charge in [-0.2, -0.15) is 0 Å². The van der Waals surface area contributed by atoms with E-state index < -0.39 is 0 Å². The molecule has 2 amide bonds. The number of amides is 2. The zero-order chi connectivity index (χ0) is 16.8. The monoisotopic (exact) mass is 316 g/mol. The topological polar surface area (TPSA) is 58.2 Å². The minimum Gasteiger partial charge on any atom is -0.347 e. The highest BCUT2D eigenvalue weighted by Crippen LogP contribution is 2.28. The number of rotatable bonds is 6. The van der Waals surface area contributed by atoms with Crippen LogP contribution < -0.4 is 10.6 Å². The average Bonchev–Trinajstić information content (AvgIpc) is 3.00. The summed E-state index contributed by atoms with van der Waals surface area (Å²) in [6.45, 7) is 6.04. The van der Waals surface area contributed by atoms with Crippen molar-refractivity contribution < 1.29 is 9.59 Å². The number of carbonyl (C=O) groups excluding carboxylic acids is 2. The minimum absolute atomic E-state index is 0.0237. The van der Waals surface area contributed by atoms with Crippen LogP contribution in [-0.2, 0) is 9.59 Å². The van der Waals surface area contributed by atoms with Gasteiger partial charge in [-0.25, -0.2) is 0 Å². The molecule has 2 rings (SSSR count). The van der Waals surface area contributed by atoms with E-state index in [0.717, 1.165) is 23.2 Å². The van der Waals surface area contributed by atoms with Gasteiger partial charge in [0.25, 0.3) is 0 Å². The lowest BCUT2D eigenvalue weighted by Gasteiger charge is -2.13. The first-order chi connectivity index (χ1) is 11.0. The van der Waals surface area contributed by atoms with Crippen LogP contribution in [-0.4, -0.2) is 18.4 Å². The Morgan fingerprint density at radius 1 is 1.04 bits per heavy atom. The lowest BCUT2D eigenvalue weighted by molar-refractivity contribution is -0.124. The molecule has 1 fully saturated rings. The minimum atomic E-state index is -0.172. The van der Waals surface area contributed by atoms with Crippen LogP contribution in [0.15, 0.2) is 12.1 Å². The van der Waals surface area contributed by atoms with E-state index in [-0.39, 0.29) is 18.4 Å². The first kappa shape index (κ1) is 17.5. The molecule has 0 radical (unpaired) electrons. The van der Waals surface area contributed by atoms with Gasteiger partial charge in [0.15, 0.2) is 0 Å². The lowest BCUT2D eigenvalue weighted by atomic mass is 10.0. The second kappa shape index (κ2) is 8.14. The molecule has 2 N–H and O–H groups in total. The van der Waals surface area contributed by atoms with E-state index >= 15 is 0 Å². The molecular weight excluding hydrogens is 288 g/mol. The van der Waals surface area contributed by atoms with Crippen molar-refractivity contribution >= 4 is 17.5 Å². The highest BCUT2D eigenvalue weighted by atomic mass is 16.2. The molecule has 0 spiro atoms. The summed E-state index contributed by atoms with van der Waals surface area (Å²) in [7, 11) is 0. The molecule has 0 bridgehead atoms. The average molecular weight is 316 g/mol. The van der Waals surface area contributed by atoms with Crippen molar-refractivity contribution in [3.8, 4) is 0 Å². The predicted octanol–water partition coefficient (Wildman–Crippen LogP) is 3.64. The Morgan fingerprint density at radius 3 is 2.26 bits per heavy atom.